The molecule has 0 amide bonds. The van der Waals surface area contributed by atoms with Gasteiger partial charge < -0.3 is 10.0 Å². The third-order valence-corrected chi connectivity index (χ3v) is 5.15. The summed E-state index contributed by atoms with van der Waals surface area (Å²) in [6, 6.07) is 15.0. The Kier molecular flexibility index (Phi) is 4.71. The van der Waals surface area contributed by atoms with Crippen molar-refractivity contribution in [3.63, 3.8) is 0 Å². The Morgan fingerprint density at radius 2 is 1.95 bits per heavy atom. The zero-order valence-electron chi connectivity index (χ0n) is 13.0. The first-order valence-electron chi connectivity index (χ1n) is 7.64. The van der Waals surface area contributed by atoms with E-state index in [1.165, 1.54) is 26.6 Å². The number of benzene rings is 2. The number of nitrogens with one attached hydrogen (secondary N) is 1. The van der Waals surface area contributed by atoms with Crippen LogP contribution in [0.1, 0.15) is 11.1 Å². The summed E-state index contributed by atoms with van der Waals surface area (Å²) in [7, 11) is 0. The standard InChI is InChI=1S/C18H22N2OS/c1-13-7-8-16(14(2)11-13)22-17-6-4-3-5-15(17)20-10-9-19-18(21)12-20/h3-8,11,18-19,21H,9-10,12H2,1-2H3. The second kappa shape index (κ2) is 6.73. The van der Waals surface area contributed by atoms with Gasteiger partial charge in [0.25, 0.3) is 0 Å². The summed E-state index contributed by atoms with van der Waals surface area (Å²) in [6.07, 6.45) is -0.451. The molecule has 0 aliphatic carbocycles. The summed E-state index contributed by atoms with van der Waals surface area (Å²) >= 11 is 1.80. The van der Waals surface area contributed by atoms with Crippen LogP contribution >= 0.6 is 11.8 Å². The predicted molar refractivity (Wildman–Crippen MR) is 92.7 cm³/mol. The molecule has 3 nitrogen and oxygen atoms in total. The van der Waals surface area contributed by atoms with E-state index in [4.69, 9.17) is 0 Å². The maximum atomic E-state index is 9.84. The Morgan fingerprint density at radius 3 is 2.73 bits per heavy atom. The van der Waals surface area contributed by atoms with Crippen molar-refractivity contribution in [2.75, 3.05) is 24.5 Å². The minimum atomic E-state index is -0.451. The van der Waals surface area contributed by atoms with Crippen LogP contribution in [0, 0.1) is 13.8 Å². The molecule has 22 heavy (non-hydrogen) atoms. The normalized spacial score (nSPS) is 18.5. The molecule has 0 bridgehead atoms. The van der Waals surface area contributed by atoms with Gasteiger partial charge in [0.2, 0.25) is 0 Å². The number of para-hydroxylation sites is 1. The molecule has 1 saturated heterocycles. The van der Waals surface area contributed by atoms with Crippen LogP contribution in [0.15, 0.2) is 52.3 Å². The van der Waals surface area contributed by atoms with Crippen molar-refractivity contribution in [1.82, 2.24) is 5.32 Å². The lowest BCUT2D eigenvalue weighted by Crippen LogP contribution is -2.50. The molecule has 1 fully saturated rings. The highest BCUT2D eigenvalue weighted by Crippen LogP contribution is 2.37. The molecule has 2 aromatic carbocycles. The van der Waals surface area contributed by atoms with Crippen molar-refractivity contribution < 1.29 is 5.11 Å². The predicted octanol–water partition coefficient (Wildman–Crippen LogP) is 3.18. The van der Waals surface area contributed by atoms with E-state index >= 15 is 0 Å². The van der Waals surface area contributed by atoms with E-state index in [1.54, 1.807) is 11.8 Å². The Morgan fingerprint density at radius 1 is 1.14 bits per heavy atom. The third-order valence-electron chi connectivity index (χ3n) is 3.91. The van der Waals surface area contributed by atoms with Gasteiger partial charge in [-0.05, 0) is 37.6 Å². The Labute approximate surface area is 136 Å². The summed E-state index contributed by atoms with van der Waals surface area (Å²) < 4.78 is 0. The number of aryl methyl sites for hydroxylation is 2. The van der Waals surface area contributed by atoms with Gasteiger partial charge in [0.1, 0.15) is 6.23 Å². The minimum Gasteiger partial charge on any atom is -0.377 e. The molecule has 0 aromatic heterocycles. The molecular weight excluding hydrogens is 292 g/mol. The summed E-state index contributed by atoms with van der Waals surface area (Å²) in [5, 5.41) is 12.9. The van der Waals surface area contributed by atoms with Crippen molar-refractivity contribution in [3.05, 3.63) is 53.6 Å². The van der Waals surface area contributed by atoms with Crippen LogP contribution in [0.25, 0.3) is 0 Å². The van der Waals surface area contributed by atoms with E-state index in [0.717, 1.165) is 13.1 Å². The number of piperazine rings is 1. The van der Waals surface area contributed by atoms with Crippen molar-refractivity contribution in [3.8, 4) is 0 Å². The largest absolute Gasteiger partial charge is 0.377 e. The molecule has 116 valence electrons. The number of hydrogen-bond acceptors (Lipinski definition) is 4. The van der Waals surface area contributed by atoms with E-state index < -0.39 is 6.23 Å². The van der Waals surface area contributed by atoms with E-state index in [0.29, 0.717) is 6.54 Å². The first-order chi connectivity index (χ1) is 10.6. The molecule has 0 saturated carbocycles. The second-order valence-corrected chi connectivity index (χ2v) is 6.84. The lowest BCUT2D eigenvalue weighted by Gasteiger charge is -2.33. The maximum Gasteiger partial charge on any atom is 0.122 e. The van der Waals surface area contributed by atoms with Crippen molar-refractivity contribution in [2.24, 2.45) is 0 Å². The smallest absolute Gasteiger partial charge is 0.122 e. The minimum absolute atomic E-state index is 0.451. The highest BCUT2D eigenvalue weighted by molar-refractivity contribution is 7.99. The summed E-state index contributed by atoms with van der Waals surface area (Å²) in [4.78, 5) is 4.78. The summed E-state index contributed by atoms with van der Waals surface area (Å²) in [5.41, 5.74) is 3.80. The molecule has 2 N–H and O–H groups in total. The van der Waals surface area contributed by atoms with Crippen molar-refractivity contribution in [2.45, 2.75) is 29.9 Å². The maximum absolute atomic E-state index is 9.84. The number of rotatable bonds is 3. The zero-order chi connectivity index (χ0) is 15.5. The van der Waals surface area contributed by atoms with Gasteiger partial charge in [-0.3, -0.25) is 5.32 Å². The van der Waals surface area contributed by atoms with Crippen LogP contribution in [-0.4, -0.2) is 31.0 Å². The Hall–Kier alpha value is -1.49. The van der Waals surface area contributed by atoms with Gasteiger partial charge in [-0.1, -0.05) is 41.6 Å². The molecule has 1 heterocycles. The molecule has 1 atom stereocenters. The van der Waals surface area contributed by atoms with Crippen LogP contribution in [0.2, 0.25) is 0 Å². The van der Waals surface area contributed by atoms with Gasteiger partial charge in [-0.2, -0.15) is 0 Å². The molecule has 0 spiro atoms. The monoisotopic (exact) mass is 314 g/mol. The third kappa shape index (κ3) is 3.46. The fourth-order valence-electron chi connectivity index (χ4n) is 2.79. The number of aliphatic hydroxyl groups is 1. The van der Waals surface area contributed by atoms with Crippen LogP contribution < -0.4 is 10.2 Å². The van der Waals surface area contributed by atoms with Gasteiger partial charge in [0.15, 0.2) is 0 Å². The highest BCUT2D eigenvalue weighted by Gasteiger charge is 2.19. The summed E-state index contributed by atoms with van der Waals surface area (Å²) in [5.74, 6) is 0. The fourth-order valence-corrected chi connectivity index (χ4v) is 3.83. The van der Waals surface area contributed by atoms with Crippen LogP contribution in [0.5, 0.6) is 0 Å². The number of β-amino-alcohol motifs (C(OH)–C–C–N with tert-alkyl or cyclic N) is 1. The molecule has 3 rings (SSSR count). The molecule has 1 aliphatic rings. The Balaban J connectivity index is 1.87. The molecular formula is C18H22N2OS. The first kappa shape index (κ1) is 15.4. The Bertz CT molecular complexity index is 659. The molecule has 1 aliphatic heterocycles. The number of anilines is 1. The van der Waals surface area contributed by atoms with Gasteiger partial charge in [-0.15, -0.1) is 0 Å². The van der Waals surface area contributed by atoms with Crippen molar-refractivity contribution >= 4 is 17.4 Å². The average molecular weight is 314 g/mol. The van der Waals surface area contributed by atoms with E-state index in [9.17, 15) is 5.11 Å². The quantitative estimate of drug-likeness (QED) is 0.912. The van der Waals surface area contributed by atoms with Gasteiger partial charge in [-0.25, -0.2) is 0 Å². The van der Waals surface area contributed by atoms with E-state index in [1.807, 2.05) is 0 Å². The molecule has 1 unspecified atom stereocenters. The van der Waals surface area contributed by atoms with Crippen LogP contribution in [0.3, 0.4) is 0 Å². The summed E-state index contributed by atoms with van der Waals surface area (Å²) in [6.45, 7) is 6.64. The first-order valence-corrected chi connectivity index (χ1v) is 8.45. The van der Waals surface area contributed by atoms with Crippen molar-refractivity contribution in [1.29, 1.82) is 0 Å². The molecule has 0 radical (unpaired) electrons. The van der Waals surface area contributed by atoms with E-state index in [-0.39, 0.29) is 0 Å². The lowest BCUT2D eigenvalue weighted by atomic mass is 10.2. The SMILES string of the molecule is Cc1ccc(Sc2ccccc2N2CCNC(O)C2)c(C)c1. The second-order valence-electron chi connectivity index (χ2n) is 5.75. The van der Waals surface area contributed by atoms with Crippen LogP contribution in [0.4, 0.5) is 5.69 Å². The van der Waals surface area contributed by atoms with Gasteiger partial charge in [0.05, 0.1) is 12.2 Å². The molecule has 2 aromatic rings. The van der Waals surface area contributed by atoms with E-state index in [2.05, 4.69) is 66.5 Å². The average Bonchev–Trinajstić information content (AvgIpc) is 2.50. The topological polar surface area (TPSA) is 35.5 Å². The van der Waals surface area contributed by atoms with Gasteiger partial charge in [0, 0.05) is 22.9 Å². The number of aliphatic hydroxyl groups excluding tert-OH is 1. The van der Waals surface area contributed by atoms with Crippen LogP contribution in [-0.2, 0) is 0 Å². The fraction of sp³-hybridized carbons (Fsp3) is 0.333. The zero-order valence-corrected chi connectivity index (χ0v) is 13.9. The molecule has 4 heteroatoms. The number of hydrogen-bond donors (Lipinski definition) is 2. The lowest BCUT2D eigenvalue weighted by molar-refractivity contribution is 0.131. The highest BCUT2D eigenvalue weighted by atomic mass is 32.2. The van der Waals surface area contributed by atoms with Gasteiger partial charge >= 0.3 is 0 Å². The number of nitrogens with zero attached hydrogens (tertiary/aromatic N) is 1.